The third kappa shape index (κ3) is 4.81. The van der Waals surface area contributed by atoms with Gasteiger partial charge in [0.1, 0.15) is 6.04 Å². The second-order valence-electron chi connectivity index (χ2n) is 6.87. The van der Waals surface area contributed by atoms with Crippen molar-refractivity contribution in [3.63, 3.8) is 0 Å². The Kier molecular flexibility index (Phi) is 6.17. The van der Waals surface area contributed by atoms with Crippen molar-refractivity contribution in [2.45, 2.75) is 46.2 Å². The predicted molar refractivity (Wildman–Crippen MR) is 93.7 cm³/mol. The van der Waals surface area contributed by atoms with Crippen LogP contribution in [-0.2, 0) is 20.9 Å². The number of nitrogens with zero attached hydrogens (tertiary/aromatic N) is 1. The van der Waals surface area contributed by atoms with Gasteiger partial charge in [-0.2, -0.15) is 0 Å². The maximum atomic E-state index is 12.4. The second-order valence-corrected chi connectivity index (χ2v) is 6.87. The first-order valence-corrected chi connectivity index (χ1v) is 8.68. The fourth-order valence-electron chi connectivity index (χ4n) is 2.97. The quantitative estimate of drug-likeness (QED) is 0.790. The molecule has 2 rings (SSSR count). The molecule has 3 atom stereocenters. The zero-order valence-corrected chi connectivity index (χ0v) is 15.0. The van der Waals surface area contributed by atoms with Gasteiger partial charge in [0.15, 0.2) is 0 Å². The summed E-state index contributed by atoms with van der Waals surface area (Å²) >= 11 is 0. The van der Waals surface area contributed by atoms with Crippen LogP contribution in [0.3, 0.4) is 0 Å². The Morgan fingerprint density at radius 1 is 1.32 bits per heavy atom. The van der Waals surface area contributed by atoms with Gasteiger partial charge in [0, 0.05) is 19.5 Å². The van der Waals surface area contributed by atoms with Gasteiger partial charge in [-0.05, 0) is 18.4 Å². The normalized spacial score (nSPS) is 19.6. The number of aliphatic carboxylic acids is 1. The fraction of sp³-hybridized carbons (Fsp3) is 0.526. The molecule has 3 unspecified atom stereocenters. The topological polar surface area (TPSA) is 86.7 Å². The molecule has 2 amide bonds. The molecule has 2 N–H and O–H groups in total. The minimum atomic E-state index is -1.04. The number of carboxylic acids is 1. The summed E-state index contributed by atoms with van der Waals surface area (Å²) in [6.07, 6.45) is 0.783. The third-order valence-electron chi connectivity index (χ3n) is 4.86. The smallest absolute Gasteiger partial charge is 0.326 e. The van der Waals surface area contributed by atoms with E-state index < -0.39 is 17.9 Å². The number of hydrogen-bond donors (Lipinski definition) is 2. The minimum absolute atomic E-state index is 0.0730. The highest BCUT2D eigenvalue weighted by molar-refractivity contribution is 5.91. The molecule has 1 aliphatic rings. The zero-order chi connectivity index (χ0) is 18.6. The lowest BCUT2D eigenvalue weighted by Gasteiger charge is -2.22. The van der Waals surface area contributed by atoms with Crippen LogP contribution in [0.5, 0.6) is 0 Å². The molecule has 1 heterocycles. The van der Waals surface area contributed by atoms with Crippen LogP contribution in [0.1, 0.15) is 37.8 Å². The molecule has 25 heavy (non-hydrogen) atoms. The molecular formula is C19H26N2O4. The van der Waals surface area contributed by atoms with Gasteiger partial charge in [0.2, 0.25) is 11.8 Å². The van der Waals surface area contributed by atoms with Crippen LogP contribution in [0.25, 0.3) is 0 Å². The summed E-state index contributed by atoms with van der Waals surface area (Å²) in [6, 6.07) is 7.00. The van der Waals surface area contributed by atoms with Crippen LogP contribution in [0, 0.1) is 18.8 Å². The molecule has 0 bridgehead atoms. The van der Waals surface area contributed by atoms with E-state index in [2.05, 4.69) is 5.32 Å². The van der Waals surface area contributed by atoms with E-state index in [1.54, 1.807) is 11.8 Å². The van der Waals surface area contributed by atoms with Gasteiger partial charge < -0.3 is 15.3 Å². The lowest BCUT2D eigenvalue weighted by atomic mass is 9.98. The van der Waals surface area contributed by atoms with E-state index in [1.807, 2.05) is 38.1 Å². The van der Waals surface area contributed by atoms with Gasteiger partial charge in [-0.25, -0.2) is 4.79 Å². The summed E-state index contributed by atoms with van der Waals surface area (Å²) in [7, 11) is 0. The number of rotatable bonds is 7. The molecule has 1 saturated heterocycles. The van der Waals surface area contributed by atoms with Crippen molar-refractivity contribution in [2.75, 3.05) is 6.54 Å². The van der Waals surface area contributed by atoms with Gasteiger partial charge in [-0.3, -0.25) is 9.59 Å². The summed E-state index contributed by atoms with van der Waals surface area (Å²) in [5.74, 6) is -2.13. The van der Waals surface area contributed by atoms with Crippen molar-refractivity contribution in [1.29, 1.82) is 0 Å². The van der Waals surface area contributed by atoms with Crippen molar-refractivity contribution in [2.24, 2.45) is 11.8 Å². The Labute approximate surface area is 148 Å². The molecule has 136 valence electrons. The largest absolute Gasteiger partial charge is 0.480 e. The molecule has 1 aromatic rings. The fourth-order valence-corrected chi connectivity index (χ4v) is 2.97. The molecule has 1 aromatic carbocycles. The second kappa shape index (κ2) is 8.14. The highest BCUT2D eigenvalue weighted by Crippen LogP contribution is 2.21. The average Bonchev–Trinajstić information content (AvgIpc) is 2.94. The van der Waals surface area contributed by atoms with Crippen molar-refractivity contribution < 1.29 is 19.5 Å². The number of nitrogens with one attached hydrogen (secondary N) is 1. The van der Waals surface area contributed by atoms with Gasteiger partial charge in [-0.15, -0.1) is 0 Å². The van der Waals surface area contributed by atoms with Gasteiger partial charge >= 0.3 is 5.97 Å². The molecule has 0 radical (unpaired) electrons. The van der Waals surface area contributed by atoms with Crippen LogP contribution in [0.2, 0.25) is 0 Å². The first kappa shape index (κ1) is 19.0. The first-order chi connectivity index (χ1) is 11.8. The maximum absolute atomic E-state index is 12.4. The number of carboxylic acid groups (broad SMARTS) is 1. The summed E-state index contributed by atoms with van der Waals surface area (Å²) in [6.45, 7) is 6.47. The summed E-state index contributed by atoms with van der Waals surface area (Å²) in [5, 5.41) is 11.9. The maximum Gasteiger partial charge on any atom is 0.326 e. The lowest BCUT2D eigenvalue weighted by Crippen LogP contribution is -2.47. The Bertz CT molecular complexity index is 641. The van der Waals surface area contributed by atoms with E-state index in [0.717, 1.165) is 11.1 Å². The highest BCUT2D eigenvalue weighted by Gasteiger charge is 2.36. The van der Waals surface area contributed by atoms with E-state index in [1.165, 1.54) is 0 Å². The number of aryl methyl sites for hydroxylation is 1. The molecule has 0 spiro atoms. The Morgan fingerprint density at radius 2 is 1.96 bits per heavy atom. The Balaban J connectivity index is 1.97. The van der Waals surface area contributed by atoms with E-state index in [9.17, 15) is 19.5 Å². The van der Waals surface area contributed by atoms with Crippen LogP contribution >= 0.6 is 0 Å². The minimum Gasteiger partial charge on any atom is -0.480 e. The van der Waals surface area contributed by atoms with Crippen molar-refractivity contribution >= 4 is 17.8 Å². The Hall–Kier alpha value is -2.37. The first-order valence-electron chi connectivity index (χ1n) is 8.68. The standard InChI is InChI=1S/C19H26N2O4/c1-4-13(3)17(19(24)25)20-18(23)15-9-16(22)21(11-15)10-14-7-5-12(2)6-8-14/h5-8,13,15,17H,4,9-11H2,1-3H3,(H,20,23)(H,24,25). The van der Waals surface area contributed by atoms with Crippen LogP contribution < -0.4 is 5.32 Å². The van der Waals surface area contributed by atoms with Gasteiger partial charge in [0.05, 0.1) is 5.92 Å². The SMILES string of the molecule is CCC(C)C(NC(=O)C1CC(=O)N(Cc2ccc(C)cc2)C1)C(=O)O. The summed E-state index contributed by atoms with van der Waals surface area (Å²) in [5.41, 5.74) is 2.17. The number of carbonyl (C=O) groups is 3. The van der Waals surface area contributed by atoms with E-state index >= 15 is 0 Å². The highest BCUT2D eigenvalue weighted by atomic mass is 16.4. The number of likely N-dealkylation sites (tertiary alicyclic amines) is 1. The molecule has 1 aliphatic heterocycles. The number of benzene rings is 1. The predicted octanol–water partition coefficient (Wildman–Crippen LogP) is 1.96. The average molecular weight is 346 g/mol. The summed E-state index contributed by atoms with van der Waals surface area (Å²) < 4.78 is 0. The molecule has 1 fully saturated rings. The van der Waals surface area contributed by atoms with Crippen LogP contribution in [0.4, 0.5) is 0 Å². The van der Waals surface area contributed by atoms with E-state index in [-0.39, 0.29) is 24.2 Å². The number of carbonyl (C=O) groups excluding carboxylic acids is 2. The number of hydrogen-bond acceptors (Lipinski definition) is 3. The van der Waals surface area contributed by atoms with Gasteiger partial charge in [-0.1, -0.05) is 50.1 Å². The van der Waals surface area contributed by atoms with Crippen LogP contribution in [-0.4, -0.2) is 40.4 Å². The van der Waals surface area contributed by atoms with E-state index in [4.69, 9.17) is 0 Å². The molecule has 0 saturated carbocycles. The molecule has 6 heteroatoms. The third-order valence-corrected chi connectivity index (χ3v) is 4.86. The number of amides is 2. The van der Waals surface area contributed by atoms with E-state index in [0.29, 0.717) is 19.5 Å². The van der Waals surface area contributed by atoms with Crippen LogP contribution in [0.15, 0.2) is 24.3 Å². The van der Waals surface area contributed by atoms with Crippen molar-refractivity contribution in [1.82, 2.24) is 10.2 Å². The molecule has 0 aromatic heterocycles. The monoisotopic (exact) mass is 346 g/mol. The van der Waals surface area contributed by atoms with Crippen molar-refractivity contribution in [3.05, 3.63) is 35.4 Å². The van der Waals surface area contributed by atoms with Crippen molar-refractivity contribution in [3.8, 4) is 0 Å². The Morgan fingerprint density at radius 3 is 2.52 bits per heavy atom. The zero-order valence-electron chi connectivity index (χ0n) is 15.0. The summed E-state index contributed by atoms with van der Waals surface area (Å²) in [4.78, 5) is 37.6. The molecular weight excluding hydrogens is 320 g/mol. The van der Waals surface area contributed by atoms with Gasteiger partial charge in [0.25, 0.3) is 0 Å². The molecule has 0 aliphatic carbocycles. The lowest BCUT2D eigenvalue weighted by molar-refractivity contribution is -0.143. The molecule has 6 nitrogen and oxygen atoms in total.